The Labute approximate surface area is 79.9 Å². The number of rotatable bonds is 1. The van der Waals surface area contributed by atoms with Gasteiger partial charge in [-0.2, -0.15) is 26.9 Å². The molecule has 0 spiro atoms. The first-order valence-electron chi connectivity index (χ1n) is 3.50. The Balaban J connectivity index is 2.86. The number of nitrogens with zero attached hydrogens (tertiary/aromatic N) is 1. The summed E-state index contributed by atoms with van der Waals surface area (Å²) in [4.78, 5) is 13.0. The maximum absolute atomic E-state index is 12.4. The number of hydrogen-bond donors (Lipinski definition) is 1. The Hall–Kier alpha value is -1.73. The van der Waals surface area contributed by atoms with Gasteiger partial charge in [-0.1, -0.05) is 0 Å². The molecule has 0 aromatic carbocycles. The molecule has 1 amide bonds. The summed E-state index contributed by atoms with van der Waals surface area (Å²) in [7, 11) is 0. The fourth-order valence-corrected chi connectivity index (χ4v) is 0.739. The molecular weight excluding hydrogens is 223 g/mol. The molecule has 0 aliphatic carbocycles. The zero-order chi connectivity index (χ0) is 11.6. The zero-order valence-corrected chi connectivity index (χ0v) is 6.90. The quantitative estimate of drug-likeness (QED) is 0.586. The third kappa shape index (κ3) is 3.15. The Morgan fingerprint density at radius 3 is 2.07 bits per heavy atom. The Bertz CT molecular complexity index is 369. The van der Waals surface area contributed by atoms with Gasteiger partial charge in [0.2, 0.25) is 11.9 Å². The van der Waals surface area contributed by atoms with E-state index in [9.17, 15) is 26.7 Å². The highest BCUT2D eigenvalue weighted by Crippen LogP contribution is 2.18. The van der Waals surface area contributed by atoms with Gasteiger partial charge in [0.15, 0.2) is 0 Å². The van der Waals surface area contributed by atoms with Crippen molar-refractivity contribution in [1.29, 1.82) is 0 Å². The minimum Gasteiger partial charge on any atom is -0.318 e. The molecule has 1 aromatic rings. The zero-order valence-electron chi connectivity index (χ0n) is 6.90. The molecule has 82 valence electrons. The minimum atomic E-state index is -5.11. The van der Waals surface area contributed by atoms with Crippen LogP contribution in [0.4, 0.5) is 27.6 Å². The lowest BCUT2D eigenvalue weighted by atomic mass is 10.4. The smallest absolute Gasteiger partial charge is 0.318 e. The molecule has 0 aliphatic rings. The van der Waals surface area contributed by atoms with Crippen molar-refractivity contribution in [3.05, 3.63) is 24.0 Å². The van der Waals surface area contributed by atoms with E-state index in [0.717, 1.165) is 0 Å². The maximum Gasteiger partial charge on any atom is 0.471 e. The van der Waals surface area contributed by atoms with Crippen molar-refractivity contribution in [3.63, 3.8) is 0 Å². The topological polar surface area (TPSA) is 42.0 Å². The molecule has 0 aliphatic heterocycles. The number of pyridine rings is 1. The predicted molar refractivity (Wildman–Crippen MR) is 38.8 cm³/mol. The van der Waals surface area contributed by atoms with E-state index in [4.69, 9.17) is 0 Å². The first-order chi connectivity index (χ1) is 6.79. The second-order valence-corrected chi connectivity index (χ2v) is 2.45. The molecule has 3 nitrogen and oxygen atoms in total. The third-order valence-corrected chi connectivity index (χ3v) is 1.28. The standard InChI is InChI=1S/C7H3F5N2O/c8-4-1-3(2-5(9)14-4)13-6(15)7(10,11)12/h1-2H,(H,13,14,15). The van der Waals surface area contributed by atoms with Crippen molar-refractivity contribution in [3.8, 4) is 0 Å². The predicted octanol–water partition coefficient (Wildman–Crippen LogP) is 1.86. The molecule has 15 heavy (non-hydrogen) atoms. The van der Waals surface area contributed by atoms with Crippen LogP contribution in [-0.2, 0) is 4.79 Å². The molecule has 0 atom stereocenters. The molecule has 0 radical (unpaired) electrons. The number of anilines is 1. The minimum absolute atomic E-state index is 0.465. The summed E-state index contributed by atoms with van der Waals surface area (Å²) >= 11 is 0. The van der Waals surface area contributed by atoms with Gasteiger partial charge in [-0.15, -0.1) is 0 Å². The number of amides is 1. The Kier molecular flexibility index (Phi) is 2.87. The van der Waals surface area contributed by atoms with Crippen molar-refractivity contribution in [2.75, 3.05) is 5.32 Å². The van der Waals surface area contributed by atoms with Gasteiger partial charge in [0, 0.05) is 12.1 Å². The molecule has 0 unspecified atom stereocenters. The van der Waals surface area contributed by atoms with Crippen LogP contribution in [0, 0.1) is 11.9 Å². The van der Waals surface area contributed by atoms with Crippen LogP contribution in [0.3, 0.4) is 0 Å². The molecule has 0 saturated carbocycles. The van der Waals surface area contributed by atoms with Gasteiger partial charge in [0.25, 0.3) is 0 Å². The van der Waals surface area contributed by atoms with Crippen molar-refractivity contribution in [1.82, 2.24) is 4.98 Å². The summed E-state index contributed by atoms with van der Waals surface area (Å²) in [5, 5.41) is 1.28. The van der Waals surface area contributed by atoms with Gasteiger partial charge in [0.1, 0.15) is 0 Å². The Morgan fingerprint density at radius 1 is 1.20 bits per heavy atom. The second-order valence-electron chi connectivity index (χ2n) is 2.45. The normalized spacial score (nSPS) is 11.3. The highest BCUT2D eigenvalue weighted by atomic mass is 19.4. The van der Waals surface area contributed by atoms with Gasteiger partial charge in [-0.3, -0.25) is 4.79 Å². The average molecular weight is 226 g/mol. The number of halogens is 5. The SMILES string of the molecule is O=C(Nc1cc(F)nc(F)c1)C(F)(F)F. The van der Waals surface area contributed by atoms with Gasteiger partial charge >= 0.3 is 12.1 Å². The van der Waals surface area contributed by atoms with Crippen LogP contribution in [0.15, 0.2) is 12.1 Å². The fraction of sp³-hybridized carbons (Fsp3) is 0.143. The monoisotopic (exact) mass is 226 g/mol. The van der Waals surface area contributed by atoms with Crippen LogP contribution in [0.2, 0.25) is 0 Å². The van der Waals surface area contributed by atoms with E-state index in [1.807, 2.05) is 0 Å². The molecular formula is C7H3F5N2O. The fourth-order valence-electron chi connectivity index (χ4n) is 0.739. The number of nitrogens with one attached hydrogen (secondary N) is 1. The van der Waals surface area contributed by atoms with E-state index >= 15 is 0 Å². The van der Waals surface area contributed by atoms with E-state index in [1.54, 1.807) is 0 Å². The molecule has 0 fully saturated rings. The van der Waals surface area contributed by atoms with Crippen LogP contribution in [0.5, 0.6) is 0 Å². The van der Waals surface area contributed by atoms with Crippen molar-refractivity contribution < 1.29 is 26.7 Å². The molecule has 0 bridgehead atoms. The molecule has 1 aromatic heterocycles. The van der Waals surface area contributed by atoms with Gasteiger partial charge in [-0.05, 0) is 0 Å². The summed E-state index contributed by atoms with van der Waals surface area (Å²) in [6.07, 6.45) is -5.11. The van der Waals surface area contributed by atoms with Crippen LogP contribution in [-0.4, -0.2) is 17.1 Å². The third-order valence-electron chi connectivity index (χ3n) is 1.28. The van der Waals surface area contributed by atoms with Crippen LogP contribution in [0.1, 0.15) is 0 Å². The first-order valence-corrected chi connectivity index (χ1v) is 3.50. The highest BCUT2D eigenvalue weighted by molar-refractivity contribution is 5.94. The van der Waals surface area contributed by atoms with Crippen molar-refractivity contribution in [2.24, 2.45) is 0 Å². The molecule has 1 rings (SSSR count). The lowest BCUT2D eigenvalue weighted by Crippen LogP contribution is -2.30. The van der Waals surface area contributed by atoms with E-state index in [-0.39, 0.29) is 0 Å². The number of aromatic nitrogens is 1. The van der Waals surface area contributed by atoms with Crippen molar-refractivity contribution >= 4 is 11.6 Å². The van der Waals surface area contributed by atoms with Gasteiger partial charge < -0.3 is 5.32 Å². The molecule has 0 saturated heterocycles. The molecule has 1 heterocycles. The number of hydrogen-bond acceptors (Lipinski definition) is 2. The van der Waals surface area contributed by atoms with E-state index in [1.165, 1.54) is 5.32 Å². The lowest BCUT2D eigenvalue weighted by molar-refractivity contribution is -0.167. The van der Waals surface area contributed by atoms with E-state index < -0.39 is 29.7 Å². The van der Waals surface area contributed by atoms with E-state index in [0.29, 0.717) is 12.1 Å². The lowest BCUT2D eigenvalue weighted by Gasteiger charge is -2.07. The largest absolute Gasteiger partial charge is 0.471 e. The summed E-state index contributed by atoms with van der Waals surface area (Å²) in [6, 6.07) is 0.930. The molecule has 1 N–H and O–H groups in total. The van der Waals surface area contributed by atoms with Crippen molar-refractivity contribution in [2.45, 2.75) is 6.18 Å². The number of alkyl halides is 3. The Morgan fingerprint density at radius 2 is 1.67 bits per heavy atom. The first kappa shape index (κ1) is 11.3. The summed E-state index contributed by atoms with van der Waals surface area (Å²) in [6.45, 7) is 0. The van der Waals surface area contributed by atoms with Gasteiger partial charge in [-0.25, -0.2) is 0 Å². The number of carbonyl (C=O) groups is 1. The average Bonchev–Trinajstić information content (AvgIpc) is 1.99. The van der Waals surface area contributed by atoms with Gasteiger partial charge in [0.05, 0.1) is 5.69 Å². The summed E-state index contributed by atoms with van der Waals surface area (Å²) in [5.74, 6) is -4.97. The maximum atomic E-state index is 12.4. The number of carbonyl (C=O) groups excluding carboxylic acids is 1. The van der Waals surface area contributed by atoms with Crippen LogP contribution in [0.25, 0.3) is 0 Å². The molecule has 8 heteroatoms. The van der Waals surface area contributed by atoms with E-state index in [2.05, 4.69) is 4.98 Å². The van der Waals surface area contributed by atoms with Crippen LogP contribution < -0.4 is 5.32 Å². The summed E-state index contributed by atoms with van der Waals surface area (Å²) in [5.41, 5.74) is -0.651. The van der Waals surface area contributed by atoms with Crippen LogP contribution >= 0.6 is 0 Å². The second kappa shape index (κ2) is 3.79. The summed E-state index contributed by atoms with van der Waals surface area (Å²) < 4.78 is 59.9. The highest BCUT2D eigenvalue weighted by Gasteiger charge is 2.38.